The van der Waals surface area contributed by atoms with E-state index in [0.29, 0.717) is 0 Å². The maximum atomic E-state index is 11.8. The molecule has 0 spiro atoms. The molecule has 0 amide bonds. The summed E-state index contributed by atoms with van der Waals surface area (Å²) in [6.07, 6.45) is 0. The quantitative estimate of drug-likeness (QED) is 0.513. The van der Waals surface area contributed by atoms with E-state index < -0.39 is 0 Å². The Morgan fingerprint density at radius 3 is 2.44 bits per heavy atom. The van der Waals surface area contributed by atoms with Gasteiger partial charge in [-0.15, -0.1) is 0 Å². The largest absolute Gasteiger partial charge is 0.276 e. The van der Waals surface area contributed by atoms with Crippen LogP contribution in [0.2, 0.25) is 0 Å². The summed E-state index contributed by atoms with van der Waals surface area (Å²) in [6.45, 7) is 6.06. The molecular weight excluding hydrogens is 117 g/mol. The fourth-order valence-electron chi connectivity index (χ4n) is 1.13. The minimum Gasteiger partial charge on any atom is -0.276 e. The maximum Gasteiger partial charge on any atom is 0.143 e. The van der Waals surface area contributed by atoms with Crippen molar-refractivity contribution < 1.29 is 4.39 Å². The minimum absolute atomic E-state index is 0.261. The highest BCUT2D eigenvalue weighted by Gasteiger charge is 2.28. The van der Waals surface area contributed by atoms with Crippen LogP contribution in [0.5, 0.6) is 0 Å². The maximum absolute atomic E-state index is 11.8. The Morgan fingerprint density at radius 2 is 2.11 bits per heavy atom. The highest BCUT2D eigenvalue weighted by Crippen LogP contribution is 2.22. The van der Waals surface area contributed by atoms with Crippen LogP contribution in [0.3, 0.4) is 0 Å². The van der Waals surface area contributed by atoms with Crippen molar-refractivity contribution in [2.75, 3.05) is 19.9 Å². The zero-order valence-electron chi connectivity index (χ0n) is 6.10. The van der Waals surface area contributed by atoms with Crippen molar-refractivity contribution in [3.63, 3.8) is 0 Å². The summed E-state index contributed by atoms with van der Waals surface area (Å²) in [6, 6.07) is 0. The molecule has 0 atom stereocenters. The second-order valence-electron chi connectivity index (χ2n) is 3.16. The fourth-order valence-corrected chi connectivity index (χ4v) is 1.13. The van der Waals surface area contributed by atoms with E-state index in [-0.39, 0.29) is 6.80 Å². The number of hydrogen-bond donors (Lipinski definition) is 0. The van der Waals surface area contributed by atoms with Gasteiger partial charge >= 0.3 is 0 Å². The lowest BCUT2D eigenvalue weighted by Gasteiger charge is -2.39. The number of halogens is 1. The first-order valence-electron chi connectivity index (χ1n) is 3.52. The molecule has 0 N–H and O–H groups in total. The van der Waals surface area contributed by atoms with Gasteiger partial charge < -0.3 is 0 Å². The second kappa shape index (κ2) is 2.65. The number of alkyl halides is 1. The summed E-state index contributed by atoms with van der Waals surface area (Å²) in [5, 5.41) is 0. The number of hydrogen-bond acceptors (Lipinski definition) is 1. The van der Waals surface area contributed by atoms with E-state index in [4.69, 9.17) is 0 Å². The lowest BCUT2D eigenvalue weighted by molar-refractivity contribution is 0.0311. The predicted octanol–water partition coefficient (Wildman–Crippen LogP) is 1.50. The molecule has 1 aliphatic heterocycles. The van der Waals surface area contributed by atoms with Crippen molar-refractivity contribution in [2.24, 2.45) is 11.8 Å². The molecule has 0 aromatic rings. The minimum atomic E-state index is -0.261. The van der Waals surface area contributed by atoms with E-state index in [2.05, 4.69) is 13.8 Å². The highest BCUT2D eigenvalue weighted by atomic mass is 19.1. The van der Waals surface area contributed by atoms with E-state index in [9.17, 15) is 4.39 Å². The topological polar surface area (TPSA) is 3.24 Å². The zero-order chi connectivity index (χ0) is 6.85. The third-order valence-electron chi connectivity index (χ3n) is 2.10. The van der Waals surface area contributed by atoms with Crippen molar-refractivity contribution >= 4 is 0 Å². The Bertz CT molecular complexity index is 86.9. The van der Waals surface area contributed by atoms with Gasteiger partial charge in [-0.1, -0.05) is 13.8 Å². The molecule has 1 nitrogen and oxygen atoms in total. The molecule has 1 rings (SSSR count). The monoisotopic (exact) mass is 131 g/mol. The molecule has 2 heteroatoms. The van der Waals surface area contributed by atoms with Crippen LogP contribution in [0.4, 0.5) is 4.39 Å². The van der Waals surface area contributed by atoms with Gasteiger partial charge in [0.2, 0.25) is 0 Å². The molecule has 1 heterocycles. The third kappa shape index (κ3) is 1.42. The molecule has 0 bridgehead atoms. The predicted molar refractivity (Wildman–Crippen MR) is 35.9 cm³/mol. The third-order valence-corrected chi connectivity index (χ3v) is 2.10. The van der Waals surface area contributed by atoms with E-state index in [1.807, 2.05) is 4.90 Å². The molecule has 9 heavy (non-hydrogen) atoms. The van der Waals surface area contributed by atoms with Crippen LogP contribution in [0.25, 0.3) is 0 Å². The van der Waals surface area contributed by atoms with Crippen LogP contribution in [-0.4, -0.2) is 24.8 Å². The molecule has 1 fully saturated rings. The standard InChI is InChI=1S/C7H14FN/c1-6(2)7-3-9(4-7)5-8/h6-7H,3-5H2,1-2H3. The smallest absolute Gasteiger partial charge is 0.143 e. The van der Waals surface area contributed by atoms with Crippen molar-refractivity contribution in [1.29, 1.82) is 0 Å². The van der Waals surface area contributed by atoms with Gasteiger partial charge in [0, 0.05) is 13.1 Å². The van der Waals surface area contributed by atoms with Crippen molar-refractivity contribution in [1.82, 2.24) is 4.90 Å². The summed E-state index contributed by atoms with van der Waals surface area (Å²) < 4.78 is 11.8. The Balaban J connectivity index is 2.12. The summed E-state index contributed by atoms with van der Waals surface area (Å²) in [4.78, 5) is 1.82. The van der Waals surface area contributed by atoms with Gasteiger partial charge in [0.1, 0.15) is 6.80 Å². The van der Waals surface area contributed by atoms with Crippen LogP contribution >= 0.6 is 0 Å². The summed E-state index contributed by atoms with van der Waals surface area (Å²) in [5.41, 5.74) is 0. The highest BCUT2D eigenvalue weighted by molar-refractivity contribution is 4.79. The normalized spacial score (nSPS) is 22.7. The molecule has 0 aromatic carbocycles. The Morgan fingerprint density at radius 1 is 1.56 bits per heavy atom. The molecule has 0 aliphatic carbocycles. The number of likely N-dealkylation sites (tertiary alicyclic amines) is 1. The summed E-state index contributed by atoms with van der Waals surface area (Å²) in [7, 11) is 0. The Labute approximate surface area is 55.8 Å². The lowest BCUT2D eigenvalue weighted by Crippen LogP contribution is -2.48. The molecule has 1 saturated heterocycles. The van der Waals surface area contributed by atoms with Crippen LogP contribution in [0.1, 0.15) is 13.8 Å². The molecule has 0 unspecified atom stereocenters. The van der Waals surface area contributed by atoms with Crippen molar-refractivity contribution in [3.05, 3.63) is 0 Å². The second-order valence-corrected chi connectivity index (χ2v) is 3.16. The van der Waals surface area contributed by atoms with Crippen molar-refractivity contribution in [3.8, 4) is 0 Å². The average Bonchev–Trinajstić information content (AvgIpc) is 1.61. The number of rotatable bonds is 2. The van der Waals surface area contributed by atoms with Gasteiger partial charge in [-0.3, -0.25) is 4.90 Å². The van der Waals surface area contributed by atoms with E-state index in [0.717, 1.165) is 24.9 Å². The zero-order valence-corrected chi connectivity index (χ0v) is 6.10. The molecule has 0 radical (unpaired) electrons. The fraction of sp³-hybridized carbons (Fsp3) is 1.00. The Kier molecular flexibility index (Phi) is 2.06. The molecule has 54 valence electrons. The first-order chi connectivity index (χ1) is 4.24. The van der Waals surface area contributed by atoms with E-state index >= 15 is 0 Å². The van der Waals surface area contributed by atoms with Gasteiger partial charge in [0.05, 0.1) is 0 Å². The number of nitrogens with zero attached hydrogens (tertiary/aromatic N) is 1. The molecule has 1 aliphatic rings. The summed E-state index contributed by atoms with van der Waals surface area (Å²) in [5.74, 6) is 1.48. The SMILES string of the molecule is CC(C)C1CN(CF)C1. The average molecular weight is 131 g/mol. The van der Waals surface area contributed by atoms with Gasteiger partial charge in [0.25, 0.3) is 0 Å². The van der Waals surface area contributed by atoms with Gasteiger partial charge in [0.15, 0.2) is 0 Å². The van der Waals surface area contributed by atoms with E-state index in [1.54, 1.807) is 0 Å². The molecular formula is C7H14FN. The first-order valence-corrected chi connectivity index (χ1v) is 3.52. The van der Waals surface area contributed by atoms with Gasteiger partial charge in [-0.25, -0.2) is 4.39 Å². The summed E-state index contributed by atoms with van der Waals surface area (Å²) >= 11 is 0. The molecule has 0 saturated carbocycles. The van der Waals surface area contributed by atoms with Crippen LogP contribution in [0.15, 0.2) is 0 Å². The van der Waals surface area contributed by atoms with Crippen molar-refractivity contribution in [2.45, 2.75) is 13.8 Å². The molecule has 0 aromatic heterocycles. The first kappa shape index (κ1) is 7.00. The Hall–Kier alpha value is -0.110. The van der Waals surface area contributed by atoms with Crippen LogP contribution < -0.4 is 0 Å². The lowest BCUT2D eigenvalue weighted by atomic mass is 9.89. The van der Waals surface area contributed by atoms with Crippen LogP contribution in [0, 0.1) is 11.8 Å². The van der Waals surface area contributed by atoms with E-state index in [1.165, 1.54) is 0 Å². The van der Waals surface area contributed by atoms with Crippen LogP contribution in [-0.2, 0) is 0 Å². The van der Waals surface area contributed by atoms with Gasteiger partial charge in [-0.05, 0) is 11.8 Å². The van der Waals surface area contributed by atoms with Gasteiger partial charge in [-0.2, -0.15) is 0 Å².